The number of hydrogen-bond donors (Lipinski definition) is 0. The van der Waals surface area contributed by atoms with E-state index in [1.54, 1.807) is 6.07 Å². The van der Waals surface area contributed by atoms with Gasteiger partial charge in [0.1, 0.15) is 11.3 Å². The third-order valence-electron chi connectivity index (χ3n) is 4.69. The van der Waals surface area contributed by atoms with E-state index in [2.05, 4.69) is 12.1 Å². The highest BCUT2D eigenvalue weighted by Gasteiger charge is 2.13. The van der Waals surface area contributed by atoms with Gasteiger partial charge in [-0.25, -0.2) is 4.79 Å². The topological polar surface area (TPSA) is 39.4 Å². The summed E-state index contributed by atoms with van der Waals surface area (Å²) in [6.07, 6.45) is 0.826. The second-order valence-electron chi connectivity index (χ2n) is 6.49. The summed E-state index contributed by atoms with van der Waals surface area (Å²) in [7, 11) is 0. The van der Waals surface area contributed by atoms with E-state index in [1.807, 2.05) is 67.6 Å². The van der Waals surface area contributed by atoms with Crippen molar-refractivity contribution in [3.05, 3.63) is 100 Å². The van der Waals surface area contributed by atoms with Crippen molar-refractivity contribution in [3.63, 3.8) is 0 Å². The lowest BCUT2D eigenvalue weighted by Gasteiger charge is -2.12. The lowest BCUT2D eigenvalue weighted by molar-refractivity contribution is 0.319. The fraction of sp³-hybridized carbons (Fsp3) is 0.125. The van der Waals surface area contributed by atoms with Crippen LogP contribution in [0.4, 0.5) is 0 Å². The molecule has 0 N–H and O–H groups in total. The van der Waals surface area contributed by atoms with E-state index in [4.69, 9.17) is 9.15 Å². The molecule has 27 heavy (non-hydrogen) atoms. The lowest BCUT2D eigenvalue weighted by Crippen LogP contribution is -2.04. The molecule has 0 spiro atoms. The molecule has 134 valence electrons. The molecule has 0 fully saturated rings. The number of benzene rings is 3. The van der Waals surface area contributed by atoms with E-state index in [0.29, 0.717) is 12.2 Å². The van der Waals surface area contributed by atoms with Crippen LogP contribution in [0.2, 0.25) is 0 Å². The van der Waals surface area contributed by atoms with Crippen molar-refractivity contribution < 1.29 is 9.15 Å². The quantitative estimate of drug-likeness (QED) is 0.450. The summed E-state index contributed by atoms with van der Waals surface area (Å²) in [5.74, 6) is 0.742. The second-order valence-corrected chi connectivity index (χ2v) is 6.49. The summed E-state index contributed by atoms with van der Waals surface area (Å²) < 4.78 is 11.5. The van der Waals surface area contributed by atoms with Crippen LogP contribution in [0, 0.1) is 6.92 Å². The third-order valence-corrected chi connectivity index (χ3v) is 4.69. The zero-order valence-electron chi connectivity index (χ0n) is 15.1. The Morgan fingerprint density at radius 1 is 0.889 bits per heavy atom. The Balaban J connectivity index is 1.67. The Kier molecular flexibility index (Phi) is 4.75. The van der Waals surface area contributed by atoms with Crippen molar-refractivity contribution in [2.75, 3.05) is 6.61 Å². The van der Waals surface area contributed by atoms with Crippen LogP contribution in [0.5, 0.6) is 5.75 Å². The highest BCUT2D eigenvalue weighted by Crippen LogP contribution is 2.33. The van der Waals surface area contributed by atoms with Gasteiger partial charge >= 0.3 is 5.63 Å². The smallest absolute Gasteiger partial charge is 0.336 e. The van der Waals surface area contributed by atoms with Gasteiger partial charge in [0.15, 0.2) is 0 Å². The Hall–Kier alpha value is -3.33. The van der Waals surface area contributed by atoms with Crippen LogP contribution in [-0.2, 0) is 6.42 Å². The van der Waals surface area contributed by atoms with Crippen LogP contribution in [-0.4, -0.2) is 6.61 Å². The molecule has 0 saturated heterocycles. The summed E-state index contributed by atoms with van der Waals surface area (Å²) in [6.45, 7) is 2.50. The number of fused-ring (bicyclic) bond motifs is 1. The number of aryl methyl sites for hydroxylation is 1. The molecule has 0 aliphatic heterocycles. The minimum absolute atomic E-state index is 0.356. The summed E-state index contributed by atoms with van der Waals surface area (Å²) >= 11 is 0. The van der Waals surface area contributed by atoms with Crippen molar-refractivity contribution >= 4 is 11.0 Å². The molecular formula is C24H20O3. The van der Waals surface area contributed by atoms with E-state index in [0.717, 1.165) is 34.2 Å². The SMILES string of the molecule is Cc1c(OCCc2ccccc2)ccc2c(-c3ccccc3)cc(=O)oc12. The Morgan fingerprint density at radius 2 is 1.59 bits per heavy atom. The van der Waals surface area contributed by atoms with Gasteiger partial charge in [0, 0.05) is 23.4 Å². The average Bonchev–Trinajstić information content (AvgIpc) is 2.71. The van der Waals surface area contributed by atoms with Crippen LogP contribution in [0.15, 0.2) is 88.1 Å². The molecule has 0 saturated carbocycles. The minimum Gasteiger partial charge on any atom is -0.493 e. The molecule has 3 aromatic carbocycles. The van der Waals surface area contributed by atoms with Crippen LogP contribution < -0.4 is 10.4 Å². The third kappa shape index (κ3) is 3.63. The van der Waals surface area contributed by atoms with Gasteiger partial charge in [-0.2, -0.15) is 0 Å². The molecule has 0 amide bonds. The molecule has 0 radical (unpaired) electrons. The van der Waals surface area contributed by atoms with Crippen molar-refractivity contribution in [2.24, 2.45) is 0 Å². The van der Waals surface area contributed by atoms with Crippen molar-refractivity contribution in [3.8, 4) is 16.9 Å². The highest BCUT2D eigenvalue weighted by molar-refractivity contribution is 5.95. The van der Waals surface area contributed by atoms with Crippen LogP contribution in [0.25, 0.3) is 22.1 Å². The van der Waals surface area contributed by atoms with Gasteiger partial charge in [-0.15, -0.1) is 0 Å². The Labute approximate surface area is 157 Å². The average molecular weight is 356 g/mol. The first-order valence-electron chi connectivity index (χ1n) is 9.02. The lowest BCUT2D eigenvalue weighted by atomic mass is 10.0. The van der Waals surface area contributed by atoms with Crippen LogP contribution in [0.3, 0.4) is 0 Å². The van der Waals surface area contributed by atoms with E-state index >= 15 is 0 Å². The summed E-state index contributed by atoms with van der Waals surface area (Å²) in [5.41, 5.74) is 4.17. The molecule has 1 heterocycles. The van der Waals surface area contributed by atoms with Crippen molar-refractivity contribution in [1.29, 1.82) is 0 Å². The van der Waals surface area contributed by atoms with Crippen LogP contribution >= 0.6 is 0 Å². The normalized spacial score (nSPS) is 10.9. The molecule has 0 unspecified atom stereocenters. The number of ether oxygens (including phenoxy) is 1. The molecule has 3 heteroatoms. The van der Waals surface area contributed by atoms with Crippen molar-refractivity contribution in [1.82, 2.24) is 0 Å². The highest BCUT2D eigenvalue weighted by atomic mass is 16.5. The first-order valence-corrected chi connectivity index (χ1v) is 9.02. The molecule has 4 rings (SSSR count). The molecule has 0 aliphatic rings. The Bertz CT molecular complexity index is 1110. The summed E-state index contributed by atoms with van der Waals surface area (Å²) in [4.78, 5) is 12.1. The molecular weight excluding hydrogens is 336 g/mol. The fourth-order valence-corrected chi connectivity index (χ4v) is 3.28. The molecule has 1 aromatic heterocycles. The predicted octanol–water partition coefficient (Wildman–Crippen LogP) is 5.39. The number of rotatable bonds is 5. The van der Waals surface area contributed by atoms with Gasteiger partial charge in [-0.1, -0.05) is 60.7 Å². The largest absolute Gasteiger partial charge is 0.493 e. The zero-order chi connectivity index (χ0) is 18.6. The maximum Gasteiger partial charge on any atom is 0.336 e. The van der Waals surface area contributed by atoms with E-state index < -0.39 is 0 Å². The van der Waals surface area contributed by atoms with Gasteiger partial charge < -0.3 is 9.15 Å². The summed E-state index contributed by atoms with van der Waals surface area (Å²) in [5, 5.41) is 0.911. The van der Waals surface area contributed by atoms with Crippen molar-refractivity contribution in [2.45, 2.75) is 13.3 Å². The first kappa shape index (κ1) is 17.1. The van der Waals surface area contributed by atoms with Crippen LogP contribution in [0.1, 0.15) is 11.1 Å². The number of hydrogen-bond acceptors (Lipinski definition) is 3. The predicted molar refractivity (Wildman–Crippen MR) is 108 cm³/mol. The van der Waals surface area contributed by atoms with Gasteiger partial charge in [0.2, 0.25) is 0 Å². The molecule has 4 aromatic rings. The van der Waals surface area contributed by atoms with Gasteiger partial charge in [0.05, 0.1) is 6.61 Å². The van der Waals surface area contributed by atoms with Gasteiger partial charge in [-0.05, 0) is 35.7 Å². The van der Waals surface area contributed by atoms with E-state index in [9.17, 15) is 4.79 Å². The first-order chi connectivity index (χ1) is 13.2. The summed E-state index contributed by atoms with van der Waals surface area (Å²) in [6, 6.07) is 25.6. The zero-order valence-corrected chi connectivity index (χ0v) is 15.1. The van der Waals surface area contributed by atoms with E-state index in [1.165, 1.54) is 5.56 Å². The molecule has 0 bridgehead atoms. The minimum atomic E-state index is -0.356. The van der Waals surface area contributed by atoms with Gasteiger partial charge in [0.25, 0.3) is 0 Å². The molecule has 0 atom stereocenters. The second kappa shape index (κ2) is 7.50. The monoisotopic (exact) mass is 356 g/mol. The molecule has 0 aliphatic carbocycles. The Morgan fingerprint density at radius 3 is 2.33 bits per heavy atom. The van der Waals surface area contributed by atoms with Gasteiger partial charge in [-0.3, -0.25) is 0 Å². The maximum atomic E-state index is 12.1. The maximum absolute atomic E-state index is 12.1. The fourth-order valence-electron chi connectivity index (χ4n) is 3.28. The van der Waals surface area contributed by atoms with E-state index in [-0.39, 0.29) is 5.63 Å². The standard InChI is InChI=1S/C24H20O3/c1-17-22(26-15-14-18-8-4-2-5-9-18)13-12-20-21(16-23(25)27-24(17)20)19-10-6-3-7-11-19/h2-13,16H,14-15H2,1H3. The molecule has 3 nitrogen and oxygen atoms in total.